The highest BCUT2D eigenvalue weighted by molar-refractivity contribution is 9.10. The average molecular weight is 369 g/mol. The van der Waals surface area contributed by atoms with Gasteiger partial charge in [-0.25, -0.2) is 4.39 Å². The molecule has 1 N–H and O–H groups in total. The van der Waals surface area contributed by atoms with Gasteiger partial charge in [-0.2, -0.15) is 0 Å². The lowest BCUT2D eigenvalue weighted by molar-refractivity contribution is 0.403. The van der Waals surface area contributed by atoms with Gasteiger partial charge < -0.3 is 5.32 Å². The first-order valence-corrected chi connectivity index (χ1v) is 8.24. The summed E-state index contributed by atoms with van der Waals surface area (Å²) in [4.78, 5) is 0. The molecule has 3 rings (SSSR count). The predicted molar refractivity (Wildman–Crippen MR) is 88.5 cm³/mol. The minimum absolute atomic E-state index is 0.205. The third-order valence-corrected chi connectivity index (χ3v) is 5.15. The maximum absolute atomic E-state index is 13.9. The third kappa shape index (κ3) is 3.15. The van der Waals surface area contributed by atoms with Gasteiger partial charge in [0.15, 0.2) is 0 Å². The fourth-order valence-electron chi connectivity index (χ4n) is 3.10. The Morgan fingerprint density at radius 2 is 1.95 bits per heavy atom. The molecule has 0 aliphatic carbocycles. The van der Waals surface area contributed by atoms with Crippen LogP contribution in [0.15, 0.2) is 46.9 Å². The topological polar surface area (TPSA) is 12.0 Å². The van der Waals surface area contributed by atoms with Crippen LogP contribution in [0, 0.1) is 5.82 Å². The zero-order chi connectivity index (χ0) is 14.8. The SMILES string of the molecule is Fc1cc(C2CCNCC2c2ccccc2Cl)ccc1Br. The van der Waals surface area contributed by atoms with Gasteiger partial charge >= 0.3 is 0 Å². The molecule has 1 fully saturated rings. The number of piperidine rings is 1. The zero-order valence-corrected chi connectivity index (χ0v) is 13.8. The molecule has 4 heteroatoms. The molecule has 0 aromatic heterocycles. The largest absolute Gasteiger partial charge is 0.316 e. The van der Waals surface area contributed by atoms with Gasteiger partial charge in [0.05, 0.1) is 4.47 Å². The van der Waals surface area contributed by atoms with E-state index in [-0.39, 0.29) is 17.7 Å². The van der Waals surface area contributed by atoms with E-state index in [1.165, 1.54) is 0 Å². The van der Waals surface area contributed by atoms with Crippen molar-refractivity contribution in [3.63, 3.8) is 0 Å². The Bertz CT molecular complexity index is 646. The second kappa shape index (κ2) is 6.47. The van der Waals surface area contributed by atoms with Gasteiger partial charge in [0.1, 0.15) is 5.82 Å². The van der Waals surface area contributed by atoms with E-state index in [9.17, 15) is 4.39 Å². The third-order valence-electron chi connectivity index (χ3n) is 4.16. The molecule has 1 heterocycles. The second-order valence-corrected chi connectivity index (χ2v) is 6.66. The summed E-state index contributed by atoms with van der Waals surface area (Å²) in [5.41, 5.74) is 2.18. The summed E-state index contributed by atoms with van der Waals surface area (Å²) in [7, 11) is 0. The molecule has 2 aromatic carbocycles. The fraction of sp³-hybridized carbons (Fsp3) is 0.294. The second-order valence-electron chi connectivity index (χ2n) is 5.40. The van der Waals surface area contributed by atoms with E-state index in [1.54, 1.807) is 12.1 Å². The monoisotopic (exact) mass is 367 g/mol. The highest BCUT2D eigenvalue weighted by Crippen LogP contribution is 2.40. The van der Waals surface area contributed by atoms with Crippen molar-refractivity contribution in [3.8, 4) is 0 Å². The van der Waals surface area contributed by atoms with E-state index < -0.39 is 0 Å². The van der Waals surface area contributed by atoms with Crippen molar-refractivity contribution in [2.24, 2.45) is 0 Å². The molecule has 21 heavy (non-hydrogen) atoms. The van der Waals surface area contributed by atoms with Gasteiger partial charge in [0.2, 0.25) is 0 Å². The van der Waals surface area contributed by atoms with Crippen molar-refractivity contribution < 1.29 is 4.39 Å². The van der Waals surface area contributed by atoms with Crippen LogP contribution in [0.1, 0.15) is 29.4 Å². The Labute approximate surface area is 137 Å². The van der Waals surface area contributed by atoms with Crippen molar-refractivity contribution in [1.82, 2.24) is 5.32 Å². The molecular formula is C17H16BrClFN. The number of rotatable bonds is 2. The van der Waals surface area contributed by atoms with Crippen LogP contribution in [0.25, 0.3) is 0 Å². The Morgan fingerprint density at radius 3 is 2.71 bits per heavy atom. The molecule has 1 nitrogen and oxygen atoms in total. The molecule has 1 aliphatic rings. The van der Waals surface area contributed by atoms with Crippen LogP contribution in [0.3, 0.4) is 0 Å². The molecule has 1 aliphatic heterocycles. The lowest BCUT2D eigenvalue weighted by Crippen LogP contribution is -2.34. The van der Waals surface area contributed by atoms with Crippen molar-refractivity contribution in [3.05, 3.63) is 68.9 Å². The number of hydrogen-bond donors (Lipinski definition) is 1. The van der Waals surface area contributed by atoms with Crippen molar-refractivity contribution in [2.45, 2.75) is 18.3 Å². The molecule has 2 atom stereocenters. The highest BCUT2D eigenvalue weighted by atomic mass is 79.9. The average Bonchev–Trinajstić information content (AvgIpc) is 2.51. The Kier molecular flexibility index (Phi) is 4.63. The van der Waals surface area contributed by atoms with Crippen LogP contribution in [0.4, 0.5) is 4.39 Å². The van der Waals surface area contributed by atoms with Gasteiger partial charge in [0.25, 0.3) is 0 Å². The van der Waals surface area contributed by atoms with Gasteiger partial charge in [0, 0.05) is 17.5 Å². The van der Waals surface area contributed by atoms with Gasteiger partial charge in [-0.3, -0.25) is 0 Å². The lowest BCUT2D eigenvalue weighted by atomic mass is 9.77. The first-order chi connectivity index (χ1) is 10.2. The van der Waals surface area contributed by atoms with E-state index >= 15 is 0 Å². The quantitative estimate of drug-likeness (QED) is 0.777. The number of halogens is 3. The summed E-state index contributed by atoms with van der Waals surface area (Å²) in [6, 6.07) is 13.4. The van der Waals surface area contributed by atoms with Crippen LogP contribution in [-0.2, 0) is 0 Å². The molecule has 2 aromatic rings. The summed E-state index contributed by atoms with van der Waals surface area (Å²) in [6.45, 7) is 1.81. The summed E-state index contributed by atoms with van der Waals surface area (Å²) in [6.07, 6.45) is 0.983. The van der Waals surface area contributed by atoms with E-state index in [2.05, 4.69) is 27.3 Å². The molecule has 110 valence electrons. The van der Waals surface area contributed by atoms with Gasteiger partial charge in [-0.15, -0.1) is 0 Å². The van der Waals surface area contributed by atoms with Crippen molar-refractivity contribution in [1.29, 1.82) is 0 Å². The van der Waals surface area contributed by atoms with Crippen molar-refractivity contribution in [2.75, 3.05) is 13.1 Å². The lowest BCUT2D eigenvalue weighted by Gasteiger charge is -2.33. The highest BCUT2D eigenvalue weighted by Gasteiger charge is 2.29. The first-order valence-electron chi connectivity index (χ1n) is 7.07. The molecule has 0 spiro atoms. The molecular weight excluding hydrogens is 353 g/mol. The first kappa shape index (κ1) is 15.0. The maximum atomic E-state index is 13.9. The normalized spacial score (nSPS) is 22.2. The van der Waals surface area contributed by atoms with E-state index in [0.29, 0.717) is 4.47 Å². The van der Waals surface area contributed by atoms with Crippen LogP contribution in [-0.4, -0.2) is 13.1 Å². The van der Waals surface area contributed by atoms with Crippen LogP contribution < -0.4 is 5.32 Å². The number of hydrogen-bond acceptors (Lipinski definition) is 1. The number of nitrogens with one attached hydrogen (secondary N) is 1. The van der Waals surface area contributed by atoms with Gasteiger partial charge in [-0.05, 0) is 64.1 Å². The summed E-state index contributed by atoms with van der Waals surface area (Å²) >= 11 is 9.57. The maximum Gasteiger partial charge on any atom is 0.137 e. The summed E-state index contributed by atoms with van der Waals surface area (Å²) < 4.78 is 14.4. The van der Waals surface area contributed by atoms with E-state index in [0.717, 1.165) is 35.7 Å². The van der Waals surface area contributed by atoms with Crippen LogP contribution >= 0.6 is 27.5 Å². The van der Waals surface area contributed by atoms with Crippen molar-refractivity contribution >= 4 is 27.5 Å². The molecule has 0 saturated carbocycles. The van der Waals surface area contributed by atoms with E-state index in [4.69, 9.17) is 11.6 Å². The van der Waals surface area contributed by atoms with Gasteiger partial charge in [-0.1, -0.05) is 35.9 Å². The van der Waals surface area contributed by atoms with Crippen LogP contribution in [0.5, 0.6) is 0 Å². The molecule has 1 saturated heterocycles. The smallest absolute Gasteiger partial charge is 0.137 e. The number of benzene rings is 2. The Morgan fingerprint density at radius 1 is 1.14 bits per heavy atom. The Balaban J connectivity index is 1.98. The minimum atomic E-state index is -0.205. The Hall–Kier alpha value is -0.900. The molecule has 0 amide bonds. The van der Waals surface area contributed by atoms with E-state index in [1.807, 2.05) is 24.3 Å². The molecule has 2 unspecified atom stereocenters. The minimum Gasteiger partial charge on any atom is -0.316 e. The fourth-order valence-corrected chi connectivity index (χ4v) is 3.63. The predicted octanol–water partition coefficient (Wildman–Crippen LogP) is 5.10. The summed E-state index contributed by atoms with van der Waals surface area (Å²) in [5, 5.41) is 4.21. The zero-order valence-electron chi connectivity index (χ0n) is 11.5. The molecule has 0 radical (unpaired) electrons. The molecule has 0 bridgehead atoms. The van der Waals surface area contributed by atoms with Crippen LogP contribution in [0.2, 0.25) is 5.02 Å². The standard InChI is InChI=1S/C17H16BrClFN/c18-15-6-5-11(9-17(15)20)12-7-8-21-10-14(12)13-3-1-2-4-16(13)19/h1-6,9,12,14,21H,7-8,10H2. The summed E-state index contributed by atoms with van der Waals surface area (Å²) in [5.74, 6) is 0.353.